The summed E-state index contributed by atoms with van der Waals surface area (Å²) in [6, 6.07) is 7.57. The van der Waals surface area contributed by atoms with Crippen molar-refractivity contribution in [2.45, 2.75) is 38.1 Å². The summed E-state index contributed by atoms with van der Waals surface area (Å²) < 4.78 is 0.544. The minimum atomic E-state index is -0.399. The number of pyridine rings is 1. The number of amides is 1. The highest BCUT2D eigenvalue weighted by Gasteiger charge is 2.41. The third kappa shape index (κ3) is 4.84. The molecule has 8 heteroatoms. The molecule has 2 aliphatic heterocycles. The molecule has 1 aromatic heterocycles. The minimum absolute atomic E-state index is 0.198. The van der Waals surface area contributed by atoms with Crippen molar-refractivity contribution in [3.05, 3.63) is 67.5 Å². The Bertz CT molecular complexity index is 982. The van der Waals surface area contributed by atoms with Crippen molar-refractivity contribution in [3.8, 4) is 0 Å². The predicted molar refractivity (Wildman–Crippen MR) is 133 cm³/mol. The molecule has 0 radical (unpaired) electrons. The Morgan fingerprint density at radius 1 is 1.18 bits per heavy atom. The zero-order valence-electron chi connectivity index (χ0n) is 18.7. The van der Waals surface area contributed by atoms with Crippen LogP contribution in [0.1, 0.15) is 47.7 Å². The number of aryl methyl sites for hydroxylation is 2. The molecular weight excluding hydrogens is 504 g/mol. The van der Waals surface area contributed by atoms with Crippen LogP contribution in [0.5, 0.6) is 0 Å². The smallest absolute Gasteiger partial charge is 0.223 e. The third-order valence-corrected chi connectivity index (χ3v) is 8.20. The largest absolute Gasteiger partial charge is 0.632 e. The van der Waals surface area contributed by atoms with Gasteiger partial charge in [-0.25, -0.2) is 0 Å². The Hall–Kier alpha value is -1.51. The predicted octanol–water partition coefficient (Wildman–Crippen LogP) is 4.23. The van der Waals surface area contributed by atoms with Gasteiger partial charge in [0.05, 0.1) is 26.2 Å². The summed E-state index contributed by atoms with van der Waals surface area (Å²) in [7, 11) is 0. The fourth-order valence-corrected chi connectivity index (χ4v) is 6.24. The Labute approximate surface area is 208 Å². The lowest BCUT2D eigenvalue weighted by Gasteiger charge is -2.53. The van der Waals surface area contributed by atoms with Crippen LogP contribution in [0.3, 0.4) is 0 Å². The fraction of sp³-hybridized carbons (Fsp3) is 0.520. The topological polar surface area (TPSA) is 68.3 Å². The maximum Gasteiger partial charge on any atom is 0.223 e. The van der Waals surface area contributed by atoms with Crippen molar-refractivity contribution in [2.24, 2.45) is 5.92 Å². The Morgan fingerprint density at radius 3 is 2.67 bits per heavy atom. The molecule has 2 saturated heterocycles. The highest BCUT2D eigenvalue weighted by Crippen LogP contribution is 2.41. The maximum atomic E-state index is 14.4. The molecule has 3 heterocycles. The summed E-state index contributed by atoms with van der Waals surface area (Å²) in [6.07, 6.45) is 6.16. The standard InChI is InChI=1S/C25H30BrClN4O2/c26-20-14-19-2-1-18-15-21(27)3-4-22(18)25(24(19)29-16-20)31(33)11-9-30(10-12-31)23(32)13-17-5-7-28-8-6-17/h3-4,14-17,25,28H,1-2,5-13H2/t25-/m1/s1. The van der Waals surface area contributed by atoms with Crippen molar-refractivity contribution in [1.29, 1.82) is 0 Å². The van der Waals surface area contributed by atoms with Crippen LogP contribution in [0.2, 0.25) is 5.02 Å². The Morgan fingerprint density at radius 2 is 1.91 bits per heavy atom. The highest BCUT2D eigenvalue weighted by molar-refractivity contribution is 9.10. The van der Waals surface area contributed by atoms with E-state index in [1.54, 1.807) is 6.20 Å². The number of piperazine rings is 1. The van der Waals surface area contributed by atoms with E-state index in [2.05, 4.69) is 27.3 Å². The summed E-state index contributed by atoms with van der Waals surface area (Å²) in [5.74, 6) is 0.656. The lowest BCUT2D eigenvalue weighted by Crippen LogP contribution is -2.59. The van der Waals surface area contributed by atoms with Crippen molar-refractivity contribution < 1.29 is 9.44 Å². The molecule has 6 nitrogen and oxygen atoms in total. The molecule has 0 unspecified atom stereocenters. The lowest BCUT2D eigenvalue weighted by molar-refractivity contribution is -0.909. The molecule has 1 atom stereocenters. The molecular formula is C25H30BrClN4O2. The second-order valence-electron chi connectivity index (χ2n) is 9.62. The van der Waals surface area contributed by atoms with Gasteiger partial charge in [-0.05, 0) is 89.9 Å². The van der Waals surface area contributed by atoms with Crippen LogP contribution >= 0.6 is 27.5 Å². The van der Waals surface area contributed by atoms with Gasteiger partial charge >= 0.3 is 0 Å². The van der Waals surface area contributed by atoms with Crippen LogP contribution < -0.4 is 5.32 Å². The molecule has 2 aromatic rings. The van der Waals surface area contributed by atoms with E-state index in [1.807, 2.05) is 23.1 Å². The number of aromatic nitrogens is 1. The van der Waals surface area contributed by atoms with Crippen LogP contribution in [-0.2, 0) is 17.6 Å². The van der Waals surface area contributed by atoms with Gasteiger partial charge < -0.3 is 20.1 Å². The van der Waals surface area contributed by atoms with Gasteiger partial charge in [0.2, 0.25) is 5.91 Å². The molecule has 0 saturated carbocycles. The van der Waals surface area contributed by atoms with Gasteiger partial charge in [0.15, 0.2) is 6.04 Å². The van der Waals surface area contributed by atoms with Crippen LogP contribution in [0.15, 0.2) is 34.9 Å². The van der Waals surface area contributed by atoms with E-state index in [-0.39, 0.29) is 10.6 Å². The van der Waals surface area contributed by atoms with E-state index in [4.69, 9.17) is 16.6 Å². The third-order valence-electron chi connectivity index (χ3n) is 7.53. The summed E-state index contributed by atoms with van der Waals surface area (Å²) in [6.45, 7) is 3.74. The van der Waals surface area contributed by atoms with Gasteiger partial charge in [-0.3, -0.25) is 9.78 Å². The van der Waals surface area contributed by atoms with Gasteiger partial charge in [0.25, 0.3) is 0 Å². The molecule has 33 heavy (non-hydrogen) atoms. The number of benzene rings is 1. The van der Waals surface area contributed by atoms with Crippen LogP contribution in [0, 0.1) is 11.1 Å². The number of halogens is 2. The Balaban J connectivity index is 1.40. The number of nitrogens with zero attached hydrogens (tertiary/aromatic N) is 3. The quantitative estimate of drug-likeness (QED) is 0.474. The van der Waals surface area contributed by atoms with Crippen molar-refractivity contribution >= 4 is 33.4 Å². The van der Waals surface area contributed by atoms with E-state index >= 15 is 0 Å². The van der Waals surface area contributed by atoms with E-state index in [0.29, 0.717) is 43.5 Å². The molecule has 5 rings (SSSR count). The number of nitrogens with one attached hydrogen (secondary N) is 1. The zero-order chi connectivity index (χ0) is 23.0. The number of rotatable bonds is 3. The SMILES string of the molecule is O=C(CC1CCNCC1)N1CC[N+]([O-])([C@@H]2c3ccc(Cl)cc3CCc3cc(Br)cnc32)CC1. The van der Waals surface area contributed by atoms with E-state index in [9.17, 15) is 10.0 Å². The van der Waals surface area contributed by atoms with Gasteiger partial charge in [-0.2, -0.15) is 0 Å². The first-order valence-corrected chi connectivity index (χ1v) is 13.1. The van der Waals surface area contributed by atoms with Crippen molar-refractivity contribution in [3.63, 3.8) is 0 Å². The average Bonchev–Trinajstić information content (AvgIpc) is 2.97. The normalized spacial score (nSPS) is 22.9. The first-order valence-electron chi connectivity index (χ1n) is 11.9. The minimum Gasteiger partial charge on any atom is -0.632 e. The summed E-state index contributed by atoms with van der Waals surface area (Å²) in [4.78, 5) is 19.6. The van der Waals surface area contributed by atoms with Crippen LogP contribution in [0.4, 0.5) is 0 Å². The number of carbonyl (C=O) groups excluding carboxylic acids is 1. The summed E-state index contributed by atoms with van der Waals surface area (Å²) >= 11 is 9.86. The van der Waals surface area contributed by atoms with E-state index in [1.165, 1.54) is 0 Å². The number of piperidine rings is 1. The average molecular weight is 534 g/mol. The molecule has 1 amide bonds. The monoisotopic (exact) mass is 532 g/mol. The number of quaternary nitrogens is 1. The summed E-state index contributed by atoms with van der Waals surface area (Å²) in [5.41, 5.74) is 4.13. The molecule has 2 fully saturated rings. The van der Waals surface area contributed by atoms with Gasteiger partial charge in [-0.15, -0.1) is 0 Å². The van der Waals surface area contributed by atoms with Crippen molar-refractivity contribution in [2.75, 3.05) is 39.3 Å². The first kappa shape index (κ1) is 23.2. The number of hydroxylamine groups is 3. The second-order valence-corrected chi connectivity index (χ2v) is 11.0. The molecule has 0 bridgehead atoms. The second kappa shape index (κ2) is 9.62. The number of hydrogen-bond donors (Lipinski definition) is 1. The first-order chi connectivity index (χ1) is 15.9. The van der Waals surface area contributed by atoms with Crippen LogP contribution in [-0.4, -0.2) is 59.7 Å². The molecule has 3 aliphatic rings. The molecule has 1 aliphatic carbocycles. The van der Waals surface area contributed by atoms with Crippen LogP contribution in [0.25, 0.3) is 0 Å². The van der Waals surface area contributed by atoms with Gasteiger partial charge in [-0.1, -0.05) is 17.7 Å². The summed E-state index contributed by atoms with van der Waals surface area (Å²) in [5, 5.41) is 18.4. The highest BCUT2D eigenvalue weighted by atomic mass is 79.9. The van der Waals surface area contributed by atoms with Crippen molar-refractivity contribution in [1.82, 2.24) is 15.2 Å². The number of hydrogen-bond acceptors (Lipinski definition) is 4. The van der Waals surface area contributed by atoms with E-state index in [0.717, 1.165) is 65.6 Å². The van der Waals surface area contributed by atoms with E-state index < -0.39 is 6.04 Å². The van der Waals surface area contributed by atoms with Gasteiger partial charge in [0.1, 0.15) is 5.69 Å². The van der Waals surface area contributed by atoms with Gasteiger partial charge in [0, 0.05) is 27.7 Å². The molecule has 1 aromatic carbocycles. The lowest BCUT2D eigenvalue weighted by atomic mass is 9.93. The Kier molecular flexibility index (Phi) is 6.78. The number of fused-ring (bicyclic) bond motifs is 2. The maximum absolute atomic E-state index is 14.4. The fourth-order valence-electron chi connectivity index (χ4n) is 5.66. The number of carbonyl (C=O) groups is 1. The molecule has 1 N–H and O–H groups in total. The zero-order valence-corrected chi connectivity index (χ0v) is 21.1. The molecule has 0 spiro atoms. The molecule has 176 valence electrons.